The second-order valence-electron chi connectivity index (χ2n) is 8.39. The molecule has 1 aliphatic rings. The van der Waals surface area contributed by atoms with Crippen LogP contribution in [0, 0.1) is 5.92 Å². The van der Waals surface area contributed by atoms with Crippen LogP contribution < -0.4 is 19.5 Å². The highest BCUT2D eigenvalue weighted by Gasteiger charge is 2.26. The number of rotatable bonds is 10. The van der Waals surface area contributed by atoms with Crippen molar-refractivity contribution >= 4 is 5.91 Å². The Kier molecular flexibility index (Phi) is 8.20. The van der Waals surface area contributed by atoms with Crippen molar-refractivity contribution in [1.82, 2.24) is 20.4 Å². The summed E-state index contributed by atoms with van der Waals surface area (Å²) in [5.74, 6) is 3.20. The van der Waals surface area contributed by atoms with Gasteiger partial charge in [0.2, 0.25) is 17.6 Å². The smallest absolute Gasteiger partial charge is 0.241 e. The van der Waals surface area contributed by atoms with E-state index in [9.17, 15) is 4.79 Å². The molecule has 186 valence electrons. The molecule has 0 saturated carbocycles. The van der Waals surface area contributed by atoms with Crippen molar-refractivity contribution in [3.8, 4) is 28.6 Å². The molecule has 3 aromatic rings. The first-order valence-corrected chi connectivity index (χ1v) is 11.9. The van der Waals surface area contributed by atoms with Gasteiger partial charge in [-0.1, -0.05) is 23.4 Å². The average Bonchev–Trinajstić information content (AvgIpc) is 3.36. The quantitative estimate of drug-likeness (QED) is 0.469. The number of methoxy groups -OCH3 is 2. The molecule has 0 spiro atoms. The Morgan fingerprint density at radius 3 is 2.60 bits per heavy atom. The van der Waals surface area contributed by atoms with Crippen molar-refractivity contribution in [2.75, 3.05) is 33.9 Å². The van der Waals surface area contributed by atoms with Gasteiger partial charge < -0.3 is 24.1 Å². The van der Waals surface area contributed by atoms with E-state index in [2.05, 4.69) is 20.4 Å². The van der Waals surface area contributed by atoms with E-state index in [0.29, 0.717) is 42.9 Å². The number of para-hydroxylation sites is 1. The number of carbonyl (C=O) groups excluding carboxylic acids is 1. The number of carbonyl (C=O) groups is 1. The lowest BCUT2D eigenvalue weighted by Gasteiger charge is -2.30. The number of nitrogens with one attached hydrogen (secondary N) is 1. The van der Waals surface area contributed by atoms with Crippen LogP contribution in [0.1, 0.15) is 31.2 Å². The molecule has 9 heteroatoms. The molecule has 4 rings (SSSR count). The van der Waals surface area contributed by atoms with Gasteiger partial charge in [0.1, 0.15) is 5.75 Å². The van der Waals surface area contributed by atoms with Crippen molar-refractivity contribution in [3.63, 3.8) is 0 Å². The zero-order valence-electron chi connectivity index (χ0n) is 20.5. The van der Waals surface area contributed by atoms with E-state index in [4.69, 9.17) is 18.7 Å². The van der Waals surface area contributed by atoms with E-state index in [1.807, 2.05) is 49.4 Å². The number of likely N-dealkylation sites (tertiary alicyclic amines) is 1. The molecular weight excluding hydrogens is 448 g/mol. The standard InChI is InChI=1S/C26H32N4O5/c1-4-34-21-8-6-5-7-20(21)16-27-26(31)18-11-13-30(14-12-18)17-24-28-25(29-35-24)19-9-10-22(32-2)23(15-19)33-3/h5-10,15,18H,4,11-14,16-17H2,1-3H3,(H,27,31). The van der Waals surface area contributed by atoms with Gasteiger partial charge in [-0.2, -0.15) is 4.98 Å². The SMILES string of the molecule is CCOc1ccccc1CNC(=O)C1CCN(Cc2nc(-c3ccc(OC)c(OC)c3)no2)CC1. The van der Waals surface area contributed by atoms with Crippen molar-refractivity contribution in [1.29, 1.82) is 0 Å². The lowest BCUT2D eigenvalue weighted by atomic mass is 9.96. The molecule has 0 radical (unpaired) electrons. The predicted molar refractivity (Wildman–Crippen MR) is 130 cm³/mol. The van der Waals surface area contributed by atoms with Crippen molar-refractivity contribution in [2.45, 2.75) is 32.9 Å². The van der Waals surface area contributed by atoms with Crippen LogP contribution in [0.2, 0.25) is 0 Å². The van der Waals surface area contributed by atoms with Crippen LogP contribution in [0.3, 0.4) is 0 Å². The number of hydrogen-bond acceptors (Lipinski definition) is 8. The van der Waals surface area contributed by atoms with Crippen molar-refractivity contribution in [2.24, 2.45) is 5.92 Å². The van der Waals surface area contributed by atoms with Crippen LogP contribution in [0.5, 0.6) is 17.2 Å². The molecule has 1 amide bonds. The highest BCUT2D eigenvalue weighted by molar-refractivity contribution is 5.78. The Morgan fingerprint density at radius 1 is 1.09 bits per heavy atom. The Bertz CT molecular complexity index is 1120. The van der Waals surface area contributed by atoms with Crippen molar-refractivity contribution < 1.29 is 23.5 Å². The van der Waals surface area contributed by atoms with Crippen LogP contribution in [-0.4, -0.2) is 54.9 Å². The van der Waals surface area contributed by atoms with E-state index in [-0.39, 0.29) is 11.8 Å². The van der Waals surface area contributed by atoms with Gasteiger partial charge in [-0.15, -0.1) is 0 Å². The third-order valence-corrected chi connectivity index (χ3v) is 6.15. The second-order valence-corrected chi connectivity index (χ2v) is 8.39. The lowest BCUT2D eigenvalue weighted by Crippen LogP contribution is -2.40. The van der Waals surface area contributed by atoms with Gasteiger partial charge in [0.25, 0.3) is 0 Å². The summed E-state index contributed by atoms with van der Waals surface area (Å²) in [5, 5.41) is 7.19. The fraction of sp³-hybridized carbons (Fsp3) is 0.423. The largest absolute Gasteiger partial charge is 0.494 e. The topological polar surface area (TPSA) is 99.0 Å². The molecule has 0 aliphatic carbocycles. The second kappa shape index (κ2) is 11.7. The van der Waals surface area contributed by atoms with Crippen LogP contribution in [-0.2, 0) is 17.9 Å². The van der Waals surface area contributed by atoms with Gasteiger partial charge in [-0.3, -0.25) is 9.69 Å². The molecule has 9 nitrogen and oxygen atoms in total. The third kappa shape index (κ3) is 6.10. The Hall–Kier alpha value is -3.59. The van der Waals surface area contributed by atoms with Gasteiger partial charge >= 0.3 is 0 Å². The van der Waals surface area contributed by atoms with Gasteiger partial charge in [-0.05, 0) is 57.1 Å². The van der Waals surface area contributed by atoms with Crippen LogP contribution >= 0.6 is 0 Å². The third-order valence-electron chi connectivity index (χ3n) is 6.15. The molecule has 0 bridgehead atoms. The first kappa shape index (κ1) is 24.5. The number of ether oxygens (including phenoxy) is 3. The first-order valence-electron chi connectivity index (χ1n) is 11.9. The number of aromatic nitrogens is 2. The number of piperidine rings is 1. The molecule has 1 aliphatic heterocycles. The number of nitrogens with zero attached hydrogens (tertiary/aromatic N) is 3. The minimum Gasteiger partial charge on any atom is -0.494 e. The van der Waals surface area contributed by atoms with Gasteiger partial charge in [0.05, 0.1) is 27.4 Å². The van der Waals surface area contributed by atoms with Gasteiger partial charge in [-0.25, -0.2) is 0 Å². The monoisotopic (exact) mass is 480 g/mol. The number of amides is 1. The molecule has 0 unspecified atom stereocenters. The molecule has 1 fully saturated rings. The Balaban J connectivity index is 1.27. The molecule has 0 atom stereocenters. The highest BCUT2D eigenvalue weighted by atomic mass is 16.5. The molecular formula is C26H32N4O5. The van der Waals surface area contributed by atoms with Gasteiger partial charge in [0.15, 0.2) is 11.5 Å². The Labute approximate surface area is 205 Å². The van der Waals surface area contributed by atoms with Crippen molar-refractivity contribution in [3.05, 3.63) is 53.9 Å². The van der Waals surface area contributed by atoms with E-state index >= 15 is 0 Å². The fourth-order valence-corrected chi connectivity index (χ4v) is 4.23. The predicted octanol–water partition coefficient (Wildman–Crippen LogP) is 3.68. The van der Waals surface area contributed by atoms with Crippen LogP contribution in [0.25, 0.3) is 11.4 Å². The van der Waals surface area contributed by atoms with E-state index in [0.717, 1.165) is 42.8 Å². The summed E-state index contributed by atoms with van der Waals surface area (Å²) >= 11 is 0. The molecule has 2 aromatic carbocycles. The molecule has 2 heterocycles. The molecule has 1 saturated heterocycles. The average molecular weight is 481 g/mol. The maximum Gasteiger partial charge on any atom is 0.241 e. The number of benzene rings is 2. The van der Waals surface area contributed by atoms with E-state index in [1.165, 1.54) is 0 Å². The van der Waals surface area contributed by atoms with Gasteiger partial charge in [0, 0.05) is 23.6 Å². The summed E-state index contributed by atoms with van der Waals surface area (Å²) in [6.45, 7) is 5.16. The van der Waals surface area contributed by atoms with Crippen LogP contribution in [0.15, 0.2) is 47.0 Å². The summed E-state index contributed by atoms with van der Waals surface area (Å²) in [6, 6.07) is 13.3. The fourth-order valence-electron chi connectivity index (χ4n) is 4.23. The molecule has 1 aromatic heterocycles. The minimum absolute atomic E-state index is 0.00415. The first-order chi connectivity index (χ1) is 17.1. The van der Waals surface area contributed by atoms with E-state index in [1.54, 1.807) is 14.2 Å². The van der Waals surface area contributed by atoms with E-state index < -0.39 is 0 Å². The molecule has 1 N–H and O–H groups in total. The minimum atomic E-state index is -0.00415. The maximum absolute atomic E-state index is 12.7. The summed E-state index contributed by atoms with van der Waals surface area (Å²) in [6.07, 6.45) is 1.57. The summed E-state index contributed by atoms with van der Waals surface area (Å²) < 4.78 is 21.8. The summed E-state index contributed by atoms with van der Waals surface area (Å²) in [5.41, 5.74) is 1.78. The lowest BCUT2D eigenvalue weighted by molar-refractivity contribution is -0.126. The molecule has 35 heavy (non-hydrogen) atoms. The normalized spacial score (nSPS) is 14.5. The highest BCUT2D eigenvalue weighted by Crippen LogP contribution is 2.31. The number of hydrogen-bond donors (Lipinski definition) is 1. The zero-order chi connectivity index (χ0) is 24.6. The summed E-state index contributed by atoms with van der Waals surface area (Å²) in [4.78, 5) is 19.5. The summed E-state index contributed by atoms with van der Waals surface area (Å²) in [7, 11) is 3.19. The Morgan fingerprint density at radius 2 is 1.86 bits per heavy atom. The zero-order valence-corrected chi connectivity index (χ0v) is 20.5. The van der Waals surface area contributed by atoms with Crippen LogP contribution in [0.4, 0.5) is 0 Å². The maximum atomic E-state index is 12.7.